The topological polar surface area (TPSA) is 106 Å². The summed E-state index contributed by atoms with van der Waals surface area (Å²) in [6.07, 6.45) is 1.92. The van der Waals surface area contributed by atoms with Gasteiger partial charge in [-0.3, -0.25) is 4.79 Å². The normalized spacial score (nSPS) is 12.2. The van der Waals surface area contributed by atoms with Crippen LogP contribution in [0.3, 0.4) is 0 Å². The fourth-order valence-corrected chi connectivity index (χ4v) is 2.09. The molecule has 0 saturated heterocycles. The molecule has 0 amide bonds. The molecular formula is C15H18N2O4. The molecule has 0 aliphatic rings. The van der Waals surface area contributed by atoms with Crippen molar-refractivity contribution >= 4 is 22.6 Å². The summed E-state index contributed by atoms with van der Waals surface area (Å²) in [7, 11) is 0. The lowest BCUT2D eigenvalue weighted by molar-refractivity contribution is -0.138. The van der Waals surface area contributed by atoms with Gasteiger partial charge < -0.3 is 20.6 Å². The average Bonchev–Trinajstić information content (AvgIpc) is 2.46. The number of fused-ring (bicyclic) bond motifs is 1. The SMILES string of the molecule is N[C@@H](CCCCNc1cc(=O)oc2ccccc12)C(=O)O. The smallest absolute Gasteiger partial charge is 0.338 e. The van der Waals surface area contributed by atoms with Crippen LogP contribution in [-0.4, -0.2) is 23.7 Å². The van der Waals surface area contributed by atoms with E-state index in [1.165, 1.54) is 6.07 Å². The van der Waals surface area contributed by atoms with Gasteiger partial charge in [-0.15, -0.1) is 0 Å². The molecule has 4 N–H and O–H groups in total. The van der Waals surface area contributed by atoms with Crippen LogP contribution in [0.15, 0.2) is 39.5 Å². The van der Waals surface area contributed by atoms with Gasteiger partial charge in [0.2, 0.25) is 0 Å². The number of benzene rings is 1. The van der Waals surface area contributed by atoms with Crippen LogP contribution in [0.4, 0.5) is 5.69 Å². The molecule has 0 saturated carbocycles. The van der Waals surface area contributed by atoms with Crippen LogP contribution in [0.2, 0.25) is 0 Å². The molecule has 1 heterocycles. The highest BCUT2D eigenvalue weighted by Gasteiger charge is 2.10. The number of hydrogen-bond acceptors (Lipinski definition) is 5. The number of carboxylic acid groups (broad SMARTS) is 1. The Kier molecular flexibility index (Phi) is 4.94. The second-order valence-corrected chi connectivity index (χ2v) is 4.84. The number of carboxylic acids is 1. The Morgan fingerprint density at radius 1 is 1.33 bits per heavy atom. The van der Waals surface area contributed by atoms with Gasteiger partial charge in [-0.2, -0.15) is 0 Å². The summed E-state index contributed by atoms with van der Waals surface area (Å²) in [4.78, 5) is 22.1. The molecule has 0 aliphatic heterocycles. The van der Waals surface area contributed by atoms with Gasteiger partial charge in [-0.25, -0.2) is 4.79 Å². The summed E-state index contributed by atoms with van der Waals surface area (Å²) < 4.78 is 5.11. The minimum Gasteiger partial charge on any atom is -0.480 e. The Morgan fingerprint density at radius 3 is 2.86 bits per heavy atom. The lowest BCUT2D eigenvalue weighted by atomic mass is 10.1. The summed E-state index contributed by atoms with van der Waals surface area (Å²) in [6.45, 7) is 0.639. The van der Waals surface area contributed by atoms with Crippen LogP contribution in [0.1, 0.15) is 19.3 Å². The van der Waals surface area contributed by atoms with Crippen molar-refractivity contribution in [2.24, 2.45) is 5.73 Å². The van der Waals surface area contributed by atoms with Gasteiger partial charge in [0, 0.05) is 18.0 Å². The first kappa shape index (κ1) is 15.1. The number of rotatable bonds is 7. The van der Waals surface area contributed by atoms with Crippen molar-refractivity contribution < 1.29 is 14.3 Å². The molecule has 0 bridgehead atoms. The van der Waals surface area contributed by atoms with Gasteiger partial charge in [-0.05, 0) is 31.4 Å². The Morgan fingerprint density at radius 2 is 2.10 bits per heavy atom. The predicted molar refractivity (Wildman–Crippen MR) is 80.4 cm³/mol. The molecule has 112 valence electrons. The highest BCUT2D eigenvalue weighted by Crippen LogP contribution is 2.20. The highest BCUT2D eigenvalue weighted by molar-refractivity contribution is 5.89. The van der Waals surface area contributed by atoms with E-state index in [1.807, 2.05) is 18.2 Å². The molecule has 6 heteroatoms. The maximum Gasteiger partial charge on any atom is 0.338 e. The standard InChI is InChI=1S/C15H18N2O4/c16-11(15(19)20)6-3-4-8-17-12-9-14(18)21-13-7-2-1-5-10(12)13/h1-2,5,7,9,11,17H,3-4,6,8,16H2,(H,19,20)/t11-/m0/s1. The molecular weight excluding hydrogens is 272 g/mol. The minimum absolute atomic E-state index is 0.399. The fourth-order valence-electron chi connectivity index (χ4n) is 2.09. The molecule has 0 fully saturated rings. The van der Waals surface area contributed by atoms with E-state index < -0.39 is 17.6 Å². The lowest BCUT2D eigenvalue weighted by Gasteiger charge is -2.09. The third-order valence-corrected chi connectivity index (χ3v) is 3.22. The molecule has 1 aromatic heterocycles. The number of unbranched alkanes of at least 4 members (excludes halogenated alkanes) is 1. The van der Waals surface area contributed by atoms with Gasteiger partial charge in [0.05, 0.1) is 5.69 Å². The van der Waals surface area contributed by atoms with Crippen LogP contribution in [-0.2, 0) is 4.79 Å². The molecule has 1 aromatic carbocycles. The third kappa shape index (κ3) is 4.06. The van der Waals surface area contributed by atoms with Crippen molar-refractivity contribution in [2.45, 2.75) is 25.3 Å². The first-order valence-corrected chi connectivity index (χ1v) is 6.83. The molecule has 0 spiro atoms. The Balaban J connectivity index is 1.92. The average molecular weight is 290 g/mol. The van der Waals surface area contributed by atoms with Crippen molar-refractivity contribution in [3.05, 3.63) is 40.8 Å². The van der Waals surface area contributed by atoms with Crippen molar-refractivity contribution in [1.82, 2.24) is 0 Å². The van der Waals surface area contributed by atoms with Crippen molar-refractivity contribution in [3.63, 3.8) is 0 Å². The fraction of sp³-hybridized carbons (Fsp3) is 0.333. The monoisotopic (exact) mass is 290 g/mol. The molecule has 2 aromatic rings. The quantitative estimate of drug-likeness (QED) is 0.530. The van der Waals surface area contributed by atoms with Crippen molar-refractivity contribution in [1.29, 1.82) is 0 Å². The highest BCUT2D eigenvalue weighted by atomic mass is 16.4. The van der Waals surface area contributed by atoms with Crippen LogP contribution in [0.5, 0.6) is 0 Å². The van der Waals surface area contributed by atoms with E-state index >= 15 is 0 Å². The van der Waals surface area contributed by atoms with Crippen LogP contribution >= 0.6 is 0 Å². The number of nitrogens with two attached hydrogens (primary N) is 1. The van der Waals surface area contributed by atoms with Gasteiger partial charge in [0.15, 0.2) is 0 Å². The van der Waals surface area contributed by atoms with E-state index in [-0.39, 0.29) is 0 Å². The van der Waals surface area contributed by atoms with Crippen molar-refractivity contribution in [2.75, 3.05) is 11.9 Å². The molecule has 1 atom stereocenters. The maximum atomic E-state index is 11.5. The second-order valence-electron chi connectivity index (χ2n) is 4.84. The summed E-state index contributed by atoms with van der Waals surface area (Å²) in [6, 6.07) is 7.91. The number of hydrogen-bond donors (Lipinski definition) is 3. The largest absolute Gasteiger partial charge is 0.480 e. The van der Waals surface area contributed by atoms with E-state index in [4.69, 9.17) is 15.3 Å². The second kappa shape index (κ2) is 6.90. The third-order valence-electron chi connectivity index (χ3n) is 3.22. The van der Waals surface area contributed by atoms with E-state index in [0.717, 1.165) is 17.5 Å². The first-order chi connectivity index (χ1) is 10.1. The first-order valence-electron chi connectivity index (χ1n) is 6.83. The summed E-state index contributed by atoms with van der Waals surface area (Å²) in [5.41, 5.74) is 6.30. The molecule has 0 unspecified atom stereocenters. The molecule has 2 rings (SSSR count). The molecule has 21 heavy (non-hydrogen) atoms. The number of carbonyl (C=O) groups is 1. The number of anilines is 1. The Bertz CT molecular complexity index is 681. The summed E-state index contributed by atoms with van der Waals surface area (Å²) in [5.74, 6) is -0.977. The molecule has 6 nitrogen and oxygen atoms in total. The lowest BCUT2D eigenvalue weighted by Crippen LogP contribution is -2.29. The molecule has 0 radical (unpaired) electrons. The van der Waals surface area contributed by atoms with Gasteiger partial charge >= 0.3 is 11.6 Å². The van der Waals surface area contributed by atoms with E-state index in [2.05, 4.69) is 5.32 Å². The van der Waals surface area contributed by atoms with Crippen molar-refractivity contribution in [3.8, 4) is 0 Å². The zero-order valence-corrected chi connectivity index (χ0v) is 11.5. The minimum atomic E-state index is -0.977. The van der Waals surface area contributed by atoms with E-state index in [1.54, 1.807) is 6.07 Å². The summed E-state index contributed by atoms with van der Waals surface area (Å²) in [5, 5.41) is 12.7. The maximum absolute atomic E-state index is 11.5. The Labute approximate surface area is 121 Å². The zero-order chi connectivity index (χ0) is 15.2. The van der Waals surface area contributed by atoms with E-state index in [9.17, 15) is 9.59 Å². The van der Waals surface area contributed by atoms with Crippen LogP contribution in [0, 0.1) is 0 Å². The number of para-hydroxylation sites is 1. The predicted octanol–water partition coefficient (Wildman–Crippen LogP) is 1.79. The van der Waals surface area contributed by atoms with Gasteiger partial charge in [0.25, 0.3) is 0 Å². The van der Waals surface area contributed by atoms with Gasteiger partial charge in [0.1, 0.15) is 11.6 Å². The molecule has 0 aliphatic carbocycles. The Hall–Kier alpha value is -2.34. The van der Waals surface area contributed by atoms with E-state index in [0.29, 0.717) is 25.0 Å². The van der Waals surface area contributed by atoms with Crippen LogP contribution in [0.25, 0.3) is 11.0 Å². The zero-order valence-electron chi connectivity index (χ0n) is 11.5. The van der Waals surface area contributed by atoms with Gasteiger partial charge in [-0.1, -0.05) is 12.1 Å². The van der Waals surface area contributed by atoms with Crippen LogP contribution < -0.4 is 16.7 Å². The number of aliphatic carboxylic acids is 1. The summed E-state index contributed by atoms with van der Waals surface area (Å²) >= 11 is 0. The number of nitrogens with one attached hydrogen (secondary N) is 1.